The van der Waals surface area contributed by atoms with Gasteiger partial charge < -0.3 is 11.5 Å². The number of nitrogens with zero attached hydrogens (tertiary/aromatic N) is 7. The molecule has 0 unspecified atom stereocenters. The van der Waals surface area contributed by atoms with Crippen molar-refractivity contribution < 1.29 is 0 Å². The molecule has 1 aromatic heterocycles. The van der Waals surface area contributed by atoms with Crippen molar-refractivity contribution in [2.75, 3.05) is 4.90 Å². The van der Waals surface area contributed by atoms with Crippen LogP contribution in [0.15, 0.2) is 28.4 Å². The maximum absolute atomic E-state index is 6.36. The summed E-state index contributed by atoms with van der Waals surface area (Å²) in [6, 6.07) is 4.09. The summed E-state index contributed by atoms with van der Waals surface area (Å²) in [7, 11) is 0. The first-order valence-electron chi connectivity index (χ1n) is 8.84. The van der Waals surface area contributed by atoms with E-state index in [4.69, 9.17) is 16.5 Å². The van der Waals surface area contributed by atoms with Gasteiger partial charge in [0.1, 0.15) is 12.0 Å². The molecule has 0 bridgehead atoms. The van der Waals surface area contributed by atoms with Gasteiger partial charge in [-0.2, -0.15) is 4.99 Å². The normalized spacial score (nSPS) is 19.4. The van der Waals surface area contributed by atoms with Crippen molar-refractivity contribution in [1.82, 2.24) is 20.2 Å². The van der Waals surface area contributed by atoms with Crippen LogP contribution in [0.5, 0.6) is 0 Å². The highest BCUT2D eigenvalue weighted by Gasteiger charge is 2.43. The summed E-state index contributed by atoms with van der Waals surface area (Å²) in [5, 5.41) is 11.5. The van der Waals surface area contributed by atoms with Crippen LogP contribution in [0.4, 0.5) is 5.69 Å². The topological polar surface area (TPSA) is 124 Å². The van der Waals surface area contributed by atoms with E-state index in [-0.39, 0.29) is 5.96 Å². The highest BCUT2D eigenvalue weighted by atomic mass is 15.5. The number of aromatic nitrogens is 4. The molecule has 4 N–H and O–H groups in total. The van der Waals surface area contributed by atoms with Gasteiger partial charge in [0.15, 0.2) is 0 Å². The number of hydrogen-bond acceptors (Lipinski definition) is 8. The molecule has 0 atom stereocenters. The predicted molar refractivity (Wildman–Crippen MR) is 100 cm³/mol. The van der Waals surface area contributed by atoms with Gasteiger partial charge in [0.2, 0.25) is 11.9 Å². The molecule has 2 heterocycles. The summed E-state index contributed by atoms with van der Waals surface area (Å²) in [6.45, 7) is 4.15. The Morgan fingerprint density at radius 1 is 1.08 bits per heavy atom. The fourth-order valence-corrected chi connectivity index (χ4v) is 3.94. The third-order valence-corrected chi connectivity index (χ3v) is 5.33. The number of guanidine groups is 2. The van der Waals surface area contributed by atoms with Crippen molar-refractivity contribution in [1.29, 1.82) is 0 Å². The molecule has 9 heteroatoms. The second kappa shape index (κ2) is 6.08. The molecule has 1 fully saturated rings. The van der Waals surface area contributed by atoms with E-state index in [2.05, 4.69) is 45.3 Å². The van der Waals surface area contributed by atoms with Crippen molar-refractivity contribution in [3.63, 3.8) is 0 Å². The highest BCUT2D eigenvalue weighted by Crippen LogP contribution is 2.41. The molecule has 2 aliphatic rings. The number of benzene rings is 1. The Hall–Kier alpha value is -2.97. The Kier molecular flexibility index (Phi) is 3.86. The van der Waals surface area contributed by atoms with Gasteiger partial charge >= 0.3 is 0 Å². The second-order valence-corrected chi connectivity index (χ2v) is 6.98. The van der Waals surface area contributed by atoms with Crippen LogP contribution in [0, 0.1) is 13.8 Å². The molecule has 4 rings (SSSR count). The summed E-state index contributed by atoms with van der Waals surface area (Å²) >= 11 is 0. The van der Waals surface area contributed by atoms with Crippen LogP contribution in [-0.4, -0.2) is 37.8 Å². The standard InChI is InChI=1S/C17H23N9/c1-11-8-13(25-10-20-23-24-25)9-14(12(11)2)26-16(19)21-15(18)22-17(26)6-4-3-5-7-17/h8-10H,3-7H2,1-2H3,(H4,18,19,21,22). The van der Waals surface area contributed by atoms with Crippen molar-refractivity contribution in [2.45, 2.75) is 51.6 Å². The Labute approximate surface area is 151 Å². The lowest BCUT2D eigenvalue weighted by Crippen LogP contribution is -2.58. The first kappa shape index (κ1) is 16.5. The molecule has 1 aromatic carbocycles. The van der Waals surface area contributed by atoms with Gasteiger partial charge in [0.25, 0.3) is 0 Å². The van der Waals surface area contributed by atoms with E-state index in [1.165, 1.54) is 6.42 Å². The van der Waals surface area contributed by atoms with Crippen LogP contribution in [0.2, 0.25) is 0 Å². The quantitative estimate of drug-likeness (QED) is 0.841. The van der Waals surface area contributed by atoms with Gasteiger partial charge in [0.05, 0.1) is 11.4 Å². The molecule has 2 aromatic rings. The predicted octanol–water partition coefficient (Wildman–Crippen LogP) is 1.39. The number of anilines is 1. The summed E-state index contributed by atoms with van der Waals surface area (Å²) < 4.78 is 1.64. The smallest absolute Gasteiger partial charge is 0.220 e. The summed E-state index contributed by atoms with van der Waals surface area (Å²) in [5.74, 6) is 0.641. The van der Waals surface area contributed by atoms with Crippen molar-refractivity contribution in [2.24, 2.45) is 21.5 Å². The van der Waals surface area contributed by atoms with Crippen LogP contribution in [0.3, 0.4) is 0 Å². The minimum Gasteiger partial charge on any atom is -0.369 e. The number of nitrogens with two attached hydrogens (primary N) is 2. The Morgan fingerprint density at radius 2 is 1.85 bits per heavy atom. The maximum Gasteiger partial charge on any atom is 0.220 e. The minimum atomic E-state index is -0.468. The van der Waals surface area contributed by atoms with Crippen molar-refractivity contribution >= 4 is 17.6 Å². The molecule has 0 saturated heterocycles. The van der Waals surface area contributed by atoms with Crippen LogP contribution in [0.25, 0.3) is 5.69 Å². The zero-order valence-corrected chi connectivity index (χ0v) is 15.1. The zero-order chi connectivity index (χ0) is 18.3. The molecule has 1 aliphatic carbocycles. The van der Waals surface area contributed by atoms with Crippen LogP contribution in [0.1, 0.15) is 43.2 Å². The molecular weight excluding hydrogens is 330 g/mol. The van der Waals surface area contributed by atoms with E-state index < -0.39 is 5.66 Å². The molecule has 1 spiro atoms. The molecule has 9 nitrogen and oxygen atoms in total. The van der Waals surface area contributed by atoms with E-state index in [0.29, 0.717) is 5.96 Å². The van der Waals surface area contributed by atoms with Crippen molar-refractivity contribution in [3.8, 4) is 5.69 Å². The summed E-state index contributed by atoms with van der Waals surface area (Å²) in [4.78, 5) is 11.1. The number of hydrogen-bond donors (Lipinski definition) is 2. The summed E-state index contributed by atoms with van der Waals surface area (Å²) in [6.07, 6.45) is 6.75. The Morgan fingerprint density at radius 3 is 2.54 bits per heavy atom. The molecule has 1 saturated carbocycles. The first-order chi connectivity index (χ1) is 12.5. The monoisotopic (exact) mass is 353 g/mol. The Balaban J connectivity index is 1.88. The van der Waals surface area contributed by atoms with Crippen LogP contribution < -0.4 is 16.4 Å². The number of rotatable bonds is 2. The lowest BCUT2D eigenvalue weighted by molar-refractivity contribution is 0.305. The zero-order valence-electron chi connectivity index (χ0n) is 15.1. The molecule has 0 radical (unpaired) electrons. The average Bonchev–Trinajstić information content (AvgIpc) is 3.13. The number of aryl methyl sites for hydroxylation is 1. The largest absolute Gasteiger partial charge is 0.369 e. The first-order valence-corrected chi connectivity index (χ1v) is 8.84. The maximum atomic E-state index is 6.36. The fourth-order valence-electron chi connectivity index (χ4n) is 3.94. The van der Waals surface area contributed by atoms with Crippen LogP contribution in [-0.2, 0) is 0 Å². The van der Waals surface area contributed by atoms with Crippen LogP contribution >= 0.6 is 0 Å². The SMILES string of the molecule is Cc1cc(-n2cnnn2)cc(N2C(N)=NC(N)=NC23CCCCC3)c1C. The lowest BCUT2D eigenvalue weighted by atomic mass is 9.86. The molecule has 136 valence electrons. The number of aliphatic imine (C=N–C) groups is 2. The minimum absolute atomic E-state index is 0.256. The third kappa shape index (κ3) is 2.59. The van der Waals surface area contributed by atoms with Gasteiger partial charge in [0, 0.05) is 0 Å². The van der Waals surface area contributed by atoms with Gasteiger partial charge in [-0.3, -0.25) is 4.90 Å². The molecule has 0 amide bonds. The van der Waals surface area contributed by atoms with E-state index in [0.717, 1.165) is 48.2 Å². The van der Waals surface area contributed by atoms with Gasteiger partial charge in [-0.1, -0.05) is 6.42 Å². The molecule has 26 heavy (non-hydrogen) atoms. The summed E-state index contributed by atoms with van der Waals surface area (Å²) in [5.41, 5.74) is 15.9. The van der Waals surface area contributed by atoms with Gasteiger partial charge in [-0.25, -0.2) is 9.67 Å². The highest BCUT2D eigenvalue weighted by molar-refractivity contribution is 6.06. The van der Waals surface area contributed by atoms with Crippen molar-refractivity contribution in [3.05, 3.63) is 29.6 Å². The fraction of sp³-hybridized carbons (Fsp3) is 0.471. The van der Waals surface area contributed by atoms with E-state index >= 15 is 0 Å². The van der Waals surface area contributed by atoms with Gasteiger partial charge in [-0.05, 0) is 73.2 Å². The average molecular weight is 353 g/mol. The second-order valence-electron chi connectivity index (χ2n) is 6.98. The molecular formula is C17H23N9. The van der Waals surface area contributed by atoms with E-state index in [1.807, 2.05) is 6.07 Å². The van der Waals surface area contributed by atoms with E-state index in [1.54, 1.807) is 11.0 Å². The van der Waals surface area contributed by atoms with E-state index in [9.17, 15) is 0 Å². The van der Waals surface area contributed by atoms with Gasteiger partial charge in [-0.15, -0.1) is 5.10 Å². The number of tetrazole rings is 1. The Bertz CT molecular complexity index is 876. The molecule has 1 aliphatic heterocycles. The lowest BCUT2D eigenvalue weighted by Gasteiger charge is -2.46. The third-order valence-electron chi connectivity index (χ3n) is 5.33.